The Bertz CT molecular complexity index is 434. The first-order valence-electron chi connectivity index (χ1n) is 3.79. The highest BCUT2D eigenvalue weighted by atomic mass is 35.5. The Hall–Kier alpha value is -0.680. The van der Waals surface area contributed by atoms with Gasteiger partial charge in [0.05, 0.1) is 15.8 Å². The molecule has 16 heavy (non-hydrogen) atoms. The smallest absolute Gasteiger partial charge is 0.211 e. The first-order chi connectivity index (χ1) is 7.33. The Kier molecular flexibility index (Phi) is 4.27. The van der Waals surface area contributed by atoms with Gasteiger partial charge in [0, 0.05) is 0 Å². The first kappa shape index (κ1) is 13.4. The largest absolute Gasteiger partial charge is 0.240 e. The second-order valence-electron chi connectivity index (χ2n) is 2.76. The van der Waals surface area contributed by atoms with E-state index in [1.165, 1.54) is 6.08 Å². The van der Waals surface area contributed by atoms with E-state index in [1.807, 2.05) is 0 Å². The van der Waals surface area contributed by atoms with Gasteiger partial charge in [-0.15, -0.1) is 11.7 Å². The Labute approximate surface area is 101 Å². The molecule has 2 nitrogen and oxygen atoms in total. The van der Waals surface area contributed by atoms with Crippen LogP contribution in [0.25, 0.3) is 0 Å². The van der Waals surface area contributed by atoms with Crippen molar-refractivity contribution >= 4 is 46.2 Å². The molecular weight excluding hydrogens is 286 g/mol. The van der Waals surface area contributed by atoms with Gasteiger partial charge in [-0.3, -0.25) is 0 Å². The van der Waals surface area contributed by atoms with Crippen molar-refractivity contribution in [2.24, 2.45) is 4.99 Å². The molecule has 0 bridgehead atoms. The maximum Gasteiger partial charge on any atom is 0.240 e. The van der Waals surface area contributed by atoms with E-state index in [0.29, 0.717) is 0 Å². The summed E-state index contributed by atoms with van der Waals surface area (Å²) in [6.07, 6.45) is 1.22. The van der Waals surface area contributed by atoms with Gasteiger partial charge >= 0.3 is 0 Å². The van der Waals surface area contributed by atoms with Crippen molar-refractivity contribution in [3.8, 4) is 0 Å². The SMILES string of the molecule is O=C=Nc1c(Cl)cc(CS(F)(F)F)cc1Cl. The second kappa shape index (κ2) is 5.10. The summed E-state index contributed by atoms with van der Waals surface area (Å²) in [4.78, 5) is 13.2. The Morgan fingerprint density at radius 1 is 1.25 bits per heavy atom. The molecule has 1 rings (SSSR count). The van der Waals surface area contributed by atoms with Crippen LogP contribution in [0.1, 0.15) is 5.56 Å². The van der Waals surface area contributed by atoms with E-state index in [9.17, 15) is 16.5 Å². The van der Waals surface area contributed by atoms with Gasteiger partial charge < -0.3 is 0 Å². The quantitative estimate of drug-likeness (QED) is 0.574. The summed E-state index contributed by atoms with van der Waals surface area (Å²) >= 11 is 6.09. The minimum atomic E-state index is -5.16. The zero-order valence-electron chi connectivity index (χ0n) is 7.52. The van der Waals surface area contributed by atoms with Crippen LogP contribution in [0.4, 0.5) is 17.3 Å². The molecule has 0 atom stereocenters. The molecular formula is C8H4Cl2F3NOS. The number of hydrogen-bond acceptors (Lipinski definition) is 2. The van der Waals surface area contributed by atoms with Gasteiger partial charge in [-0.1, -0.05) is 23.2 Å². The van der Waals surface area contributed by atoms with Gasteiger partial charge in [0.25, 0.3) is 0 Å². The molecule has 1 aromatic rings. The van der Waals surface area contributed by atoms with E-state index < -0.39 is 16.9 Å². The number of isocyanates is 1. The van der Waals surface area contributed by atoms with Gasteiger partial charge in [-0.25, -0.2) is 4.79 Å². The Balaban J connectivity index is 3.14. The first-order valence-corrected chi connectivity index (χ1v) is 6.05. The van der Waals surface area contributed by atoms with E-state index in [0.717, 1.165) is 12.1 Å². The number of benzene rings is 1. The van der Waals surface area contributed by atoms with Crippen LogP contribution in [0, 0.1) is 0 Å². The zero-order valence-corrected chi connectivity index (χ0v) is 9.84. The summed E-state index contributed by atoms with van der Waals surface area (Å²) in [5.74, 6) is -1.06. The maximum absolute atomic E-state index is 12.2. The summed E-state index contributed by atoms with van der Waals surface area (Å²) in [7, 11) is 0. The van der Waals surface area contributed by atoms with Gasteiger partial charge in [-0.05, 0) is 17.7 Å². The predicted octanol–water partition coefficient (Wildman–Crippen LogP) is 4.92. The molecule has 0 unspecified atom stereocenters. The van der Waals surface area contributed by atoms with Crippen molar-refractivity contribution < 1.29 is 16.5 Å². The molecule has 0 N–H and O–H groups in total. The highest BCUT2D eigenvalue weighted by Crippen LogP contribution is 2.56. The summed E-state index contributed by atoms with van der Waals surface area (Å²) in [6, 6.07) is 2.17. The van der Waals surface area contributed by atoms with Crippen molar-refractivity contribution in [2.45, 2.75) is 5.75 Å². The van der Waals surface area contributed by atoms with Crippen molar-refractivity contribution in [1.29, 1.82) is 0 Å². The fourth-order valence-corrected chi connectivity index (χ4v) is 2.20. The topological polar surface area (TPSA) is 29.4 Å². The number of carbonyl (C=O) groups excluding carboxylic acids is 1. The fourth-order valence-electron chi connectivity index (χ4n) is 1.04. The molecule has 1 aromatic carbocycles. The average molecular weight is 290 g/mol. The van der Waals surface area contributed by atoms with E-state index in [-0.39, 0.29) is 21.3 Å². The van der Waals surface area contributed by atoms with Crippen LogP contribution in [0.15, 0.2) is 17.1 Å². The normalized spacial score (nSPS) is 12.1. The van der Waals surface area contributed by atoms with Crippen LogP contribution >= 0.6 is 34.4 Å². The molecule has 0 spiro atoms. The summed E-state index contributed by atoms with van der Waals surface area (Å²) in [5.41, 5.74) is -0.124. The lowest BCUT2D eigenvalue weighted by Gasteiger charge is -2.11. The number of halogens is 5. The maximum atomic E-state index is 12.2. The van der Waals surface area contributed by atoms with Crippen molar-refractivity contribution in [3.05, 3.63) is 27.7 Å². The second-order valence-corrected chi connectivity index (χ2v) is 4.87. The van der Waals surface area contributed by atoms with E-state index in [1.54, 1.807) is 0 Å². The van der Waals surface area contributed by atoms with Crippen LogP contribution in [0.3, 0.4) is 0 Å². The molecule has 0 heterocycles. The average Bonchev–Trinajstić information content (AvgIpc) is 2.08. The van der Waals surface area contributed by atoms with Crippen molar-refractivity contribution in [2.75, 3.05) is 0 Å². The summed E-state index contributed by atoms with van der Waals surface area (Å²) < 4.78 is 36.5. The lowest BCUT2D eigenvalue weighted by molar-refractivity contribution is 0.565. The molecule has 0 aliphatic rings. The standard InChI is InChI=1S/C8H4Cl2F3NOS/c9-6-1-5(3-16(11,12)13)2-7(10)8(6)14-4-15/h1-2H,3H2. The number of rotatable bonds is 3. The van der Waals surface area contributed by atoms with Crippen LogP contribution in [0.5, 0.6) is 0 Å². The lowest BCUT2D eigenvalue weighted by Crippen LogP contribution is -1.87. The summed E-state index contributed by atoms with van der Waals surface area (Å²) in [6.45, 7) is 0. The predicted molar refractivity (Wildman–Crippen MR) is 58.9 cm³/mol. The highest BCUT2D eigenvalue weighted by molar-refractivity contribution is 8.20. The van der Waals surface area contributed by atoms with Crippen LogP contribution in [0.2, 0.25) is 10.0 Å². The van der Waals surface area contributed by atoms with Crippen LogP contribution in [-0.2, 0) is 10.5 Å². The molecule has 0 radical (unpaired) electrons. The molecule has 0 fully saturated rings. The molecule has 88 valence electrons. The Morgan fingerprint density at radius 2 is 1.75 bits per heavy atom. The van der Waals surface area contributed by atoms with Crippen LogP contribution in [-0.4, -0.2) is 6.08 Å². The number of nitrogens with zero attached hydrogens (tertiary/aromatic N) is 1. The third-order valence-corrected chi connectivity index (χ3v) is 2.80. The number of hydrogen-bond donors (Lipinski definition) is 0. The van der Waals surface area contributed by atoms with E-state index >= 15 is 0 Å². The van der Waals surface area contributed by atoms with Crippen molar-refractivity contribution in [1.82, 2.24) is 0 Å². The zero-order chi connectivity index (χ0) is 12.3. The van der Waals surface area contributed by atoms with Gasteiger partial charge in [0.2, 0.25) is 17.3 Å². The van der Waals surface area contributed by atoms with E-state index in [2.05, 4.69) is 4.99 Å². The molecule has 0 saturated heterocycles. The van der Waals surface area contributed by atoms with Crippen LogP contribution < -0.4 is 0 Å². The Morgan fingerprint density at radius 3 is 2.12 bits per heavy atom. The number of aliphatic imine (C=N–C) groups is 1. The molecule has 0 aliphatic carbocycles. The van der Waals surface area contributed by atoms with E-state index in [4.69, 9.17) is 23.2 Å². The van der Waals surface area contributed by atoms with Gasteiger partial charge in [-0.2, -0.15) is 4.99 Å². The van der Waals surface area contributed by atoms with Gasteiger partial charge in [0.15, 0.2) is 0 Å². The highest BCUT2D eigenvalue weighted by Gasteiger charge is 2.22. The molecule has 0 amide bonds. The summed E-state index contributed by atoms with van der Waals surface area (Å²) in [5, 5.41) is -0.205. The monoisotopic (exact) mass is 289 g/mol. The third-order valence-electron chi connectivity index (χ3n) is 1.56. The minimum absolute atomic E-state index is 0.0534. The molecule has 0 aromatic heterocycles. The third kappa shape index (κ3) is 3.72. The van der Waals surface area contributed by atoms with Crippen molar-refractivity contribution in [3.63, 3.8) is 0 Å². The minimum Gasteiger partial charge on any atom is -0.211 e. The molecule has 0 aliphatic heterocycles. The molecule has 8 heteroatoms. The lowest BCUT2D eigenvalue weighted by atomic mass is 10.2. The fraction of sp³-hybridized carbons (Fsp3) is 0.125. The molecule has 0 saturated carbocycles. The van der Waals surface area contributed by atoms with Gasteiger partial charge in [0.1, 0.15) is 5.69 Å².